The number of ketones is 1. The normalized spacial score (nSPS) is 15.6. The lowest BCUT2D eigenvalue weighted by Gasteiger charge is -2.41. The van der Waals surface area contributed by atoms with E-state index < -0.39 is 23.3 Å². The summed E-state index contributed by atoms with van der Waals surface area (Å²) in [6.07, 6.45) is 0.242. The molecule has 1 aliphatic heterocycles. The van der Waals surface area contributed by atoms with Crippen LogP contribution in [0.15, 0.2) is 60.7 Å². The van der Waals surface area contributed by atoms with Crippen LogP contribution in [0.4, 0.5) is 5.69 Å². The number of carbonyl (C=O) groups excluding carboxylic acids is 1. The average molecular weight is 534 g/mol. The molecule has 0 aliphatic carbocycles. The quantitative estimate of drug-likeness (QED) is 0.255. The molecule has 2 N–H and O–H groups in total. The predicted molar refractivity (Wildman–Crippen MR) is 149 cm³/mol. The molecule has 2 unspecified atom stereocenters. The molecule has 0 radical (unpaired) electrons. The van der Waals surface area contributed by atoms with Gasteiger partial charge in [0.15, 0.2) is 5.78 Å². The highest BCUT2D eigenvalue weighted by Gasteiger charge is 2.30. The fourth-order valence-corrected chi connectivity index (χ4v) is 5.44. The van der Waals surface area contributed by atoms with E-state index in [1.807, 2.05) is 67.6 Å². The molecule has 9 heteroatoms. The number of hydrogen-bond donors (Lipinski definition) is 2. The number of carboxylic acid groups (broad SMARTS) is 1. The van der Waals surface area contributed by atoms with E-state index in [0.29, 0.717) is 32.6 Å². The number of carboxylic acids is 1. The van der Waals surface area contributed by atoms with Crippen LogP contribution in [0, 0.1) is 11.8 Å². The van der Waals surface area contributed by atoms with Gasteiger partial charge in [-0.3, -0.25) is 14.1 Å². The van der Waals surface area contributed by atoms with Crippen LogP contribution >= 0.6 is 0 Å². The van der Waals surface area contributed by atoms with E-state index in [-0.39, 0.29) is 12.2 Å². The highest BCUT2D eigenvalue weighted by molar-refractivity contribution is 7.76. The third kappa shape index (κ3) is 6.47. The van der Waals surface area contributed by atoms with Crippen LogP contribution < -0.4 is 4.90 Å². The van der Waals surface area contributed by atoms with Crippen molar-refractivity contribution < 1.29 is 23.5 Å². The molecule has 38 heavy (non-hydrogen) atoms. The second-order valence-electron chi connectivity index (χ2n) is 9.24. The van der Waals surface area contributed by atoms with Gasteiger partial charge in [-0.1, -0.05) is 43.0 Å². The number of aliphatic carboxylic acids is 1. The average Bonchev–Trinajstić information content (AvgIpc) is 2.91. The third-order valence-corrected chi connectivity index (χ3v) is 7.54. The second-order valence-corrected chi connectivity index (χ2v) is 10.1. The summed E-state index contributed by atoms with van der Waals surface area (Å²) in [7, 11) is 0. The fourth-order valence-electron chi connectivity index (χ4n) is 4.70. The van der Waals surface area contributed by atoms with E-state index in [0.717, 1.165) is 33.2 Å². The topological polar surface area (TPSA) is 101 Å². The maximum atomic E-state index is 12.3. The van der Waals surface area contributed by atoms with Gasteiger partial charge in [-0.2, -0.15) is 0 Å². The van der Waals surface area contributed by atoms with Crippen molar-refractivity contribution >= 4 is 39.5 Å². The molecule has 3 aromatic carbocycles. The largest absolute Gasteiger partial charge is 0.481 e. The van der Waals surface area contributed by atoms with Gasteiger partial charge in [-0.15, -0.1) is 4.41 Å². The van der Waals surface area contributed by atoms with Crippen LogP contribution in [-0.4, -0.2) is 67.3 Å². The molecule has 1 heterocycles. The fraction of sp³-hybridized carbons (Fsp3) is 0.310. The highest BCUT2D eigenvalue weighted by atomic mass is 32.2. The van der Waals surface area contributed by atoms with Crippen molar-refractivity contribution in [2.24, 2.45) is 0 Å². The van der Waals surface area contributed by atoms with Gasteiger partial charge in [0.2, 0.25) is 11.3 Å². The lowest BCUT2D eigenvalue weighted by molar-refractivity contribution is -0.139. The Morgan fingerprint density at radius 1 is 1.00 bits per heavy atom. The zero-order valence-corrected chi connectivity index (χ0v) is 22.3. The van der Waals surface area contributed by atoms with E-state index in [1.165, 1.54) is 4.41 Å². The van der Waals surface area contributed by atoms with Gasteiger partial charge in [-0.25, -0.2) is 9.22 Å². The summed E-state index contributed by atoms with van der Waals surface area (Å²) in [6.45, 7) is 5.77. The van der Waals surface area contributed by atoms with Gasteiger partial charge in [0.25, 0.3) is 0 Å². The molecule has 0 aromatic heterocycles. The van der Waals surface area contributed by atoms with Crippen molar-refractivity contribution in [3.05, 3.63) is 77.4 Å². The second kappa shape index (κ2) is 12.3. The molecule has 0 spiro atoms. The number of fused-ring (bicyclic) bond motifs is 1. The third-order valence-electron chi connectivity index (χ3n) is 6.63. The SMILES string of the molecule is CCC(=O)c1cccc2ccc(C#Cc3ccc(N4CCN(N(C(C)CC(=O)O)S(=O)O)CC4)cc3)cc12. The van der Waals surface area contributed by atoms with Crippen molar-refractivity contribution in [1.82, 2.24) is 9.42 Å². The van der Waals surface area contributed by atoms with Gasteiger partial charge in [0, 0.05) is 61.0 Å². The van der Waals surface area contributed by atoms with E-state index >= 15 is 0 Å². The van der Waals surface area contributed by atoms with E-state index in [4.69, 9.17) is 5.11 Å². The lowest BCUT2D eigenvalue weighted by Crippen LogP contribution is -2.57. The van der Waals surface area contributed by atoms with Gasteiger partial charge in [-0.05, 0) is 54.1 Å². The summed E-state index contributed by atoms with van der Waals surface area (Å²) in [5.74, 6) is 5.52. The van der Waals surface area contributed by atoms with Crippen LogP contribution in [-0.2, 0) is 16.1 Å². The molecule has 8 nitrogen and oxygen atoms in total. The van der Waals surface area contributed by atoms with Gasteiger partial charge in [0.1, 0.15) is 0 Å². The first kappa shape index (κ1) is 27.5. The molecule has 4 rings (SSSR count). The lowest BCUT2D eigenvalue weighted by atomic mass is 9.98. The maximum absolute atomic E-state index is 12.3. The Morgan fingerprint density at radius 3 is 2.29 bits per heavy atom. The Balaban J connectivity index is 1.42. The number of anilines is 1. The van der Waals surface area contributed by atoms with E-state index in [1.54, 1.807) is 11.9 Å². The summed E-state index contributed by atoms with van der Waals surface area (Å²) in [4.78, 5) is 25.6. The van der Waals surface area contributed by atoms with Crippen molar-refractivity contribution in [3.8, 4) is 11.8 Å². The first-order chi connectivity index (χ1) is 18.3. The summed E-state index contributed by atoms with van der Waals surface area (Å²) < 4.78 is 22.8. The van der Waals surface area contributed by atoms with Crippen LogP contribution in [0.5, 0.6) is 0 Å². The molecule has 0 saturated carbocycles. The number of Topliss-reactive ketones (excluding diaryl/α,β-unsaturated/α-hetero) is 1. The minimum atomic E-state index is -2.29. The van der Waals surface area contributed by atoms with Crippen LogP contribution in [0.25, 0.3) is 10.8 Å². The van der Waals surface area contributed by atoms with Crippen LogP contribution in [0.3, 0.4) is 0 Å². The molecule has 0 bridgehead atoms. The van der Waals surface area contributed by atoms with Crippen molar-refractivity contribution in [3.63, 3.8) is 0 Å². The molecule has 1 fully saturated rings. The Bertz CT molecular complexity index is 1410. The molecule has 1 aliphatic rings. The number of carbonyl (C=O) groups is 2. The van der Waals surface area contributed by atoms with E-state index in [9.17, 15) is 18.4 Å². The summed E-state index contributed by atoms with van der Waals surface area (Å²) >= 11 is -2.29. The first-order valence-electron chi connectivity index (χ1n) is 12.6. The molecule has 198 valence electrons. The molecule has 1 saturated heterocycles. The number of piperazine rings is 1. The molecule has 2 atom stereocenters. The molecular formula is C29H31N3O5S. The standard InChI is InChI=1S/C29H31N3O5S/c1-3-28(33)26-6-4-5-24-12-9-23(20-27(24)26)8-7-22-10-13-25(14-11-22)30-15-17-31(18-16-30)32(38(36)37)21(2)19-29(34)35/h4-6,9-14,20-21H,3,15-19H2,1-2H3,(H,34,35)(H,36,37). The summed E-state index contributed by atoms with van der Waals surface area (Å²) in [5.41, 5.74) is 3.47. The Hall–Kier alpha value is -3.55. The molecule has 3 aromatic rings. The van der Waals surface area contributed by atoms with Crippen molar-refractivity contribution in [1.29, 1.82) is 0 Å². The monoisotopic (exact) mass is 533 g/mol. The Labute approximate surface area is 225 Å². The Kier molecular flexibility index (Phi) is 8.92. The van der Waals surface area contributed by atoms with Crippen molar-refractivity contribution in [2.45, 2.75) is 32.7 Å². The van der Waals surface area contributed by atoms with Crippen LogP contribution in [0.1, 0.15) is 48.2 Å². The number of rotatable bonds is 8. The minimum absolute atomic E-state index is 0.115. The number of hydrogen-bond acceptors (Lipinski definition) is 5. The summed E-state index contributed by atoms with van der Waals surface area (Å²) in [6, 6.07) is 19.0. The van der Waals surface area contributed by atoms with Crippen molar-refractivity contribution in [2.75, 3.05) is 31.1 Å². The zero-order chi connectivity index (χ0) is 27.2. The van der Waals surface area contributed by atoms with Gasteiger partial charge >= 0.3 is 5.97 Å². The highest BCUT2D eigenvalue weighted by Crippen LogP contribution is 2.23. The van der Waals surface area contributed by atoms with Crippen LogP contribution in [0.2, 0.25) is 0 Å². The minimum Gasteiger partial charge on any atom is -0.481 e. The molecular weight excluding hydrogens is 502 g/mol. The Morgan fingerprint density at radius 2 is 1.66 bits per heavy atom. The first-order valence-corrected chi connectivity index (χ1v) is 13.6. The zero-order valence-electron chi connectivity index (χ0n) is 21.5. The smallest absolute Gasteiger partial charge is 0.305 e. The van der Waals surface area contributed by atoms with Gasteiger partial charge in [0.05, 0.1) is 6.42 Å². The van der Waals surface area contributed by atoms with E-state index in [2.05, 4.69) is 16.7 Å². The summed E-state index contributed by atoms with van der Waals surface area (Å²) in [5, 5.41) is 12.7. The number of hydrazine groups is 1. The maximum Gasteiger partial charge on any atom is 0.305 e. The molecule has 0 amide bonds. The number of nitrogens with zero attached hydrogens (tertiary/aromatic N) is 3. The predicted octanol–water partition coefficient (Wildman–Crippen LogP) is 4.17. The number of benzene rings is 3. The van der Waals surface area contributed by atoms with Gasteiger partial charge < -0.3 is 10.0 Å².